The lowest BCUT2D eigenvalue weighted by molar-refractivity contribution is 0.509. The molecule has 8 heteroatoms. The molecule has 0 aromatic carbocycles. The van der Waals surface area contributed by atoms with Gasteiger partial charge in [0.25, 0.3) is 0 Å². The molecule has 0 aliphatic carbocycles. The number of nitrogens with one attached hydrogen (secondary N) is 2. The van der Waals surface area contributed by atoms with Gasteiger partial charge < -0.3 is 5.73 Å². The Morgan fingerprint density at radius 2 is 2.31 bits per heavy atom. The summed E-state index contributed by atoms with van der Waals surface area (Å²) in [6, 6.07) is -0.180. The first-order valence-electron chi connectivity index (χ1n) is 4.86. The molecular formula is C8H17N5O2S. The SMILES string of the molecule is CS(=O)(=O)CCCC(NN)c1cn[nH]c1N. The van der Waals surface area contributed by atoms with Gasteiger partial charge in [-0.15, -0.1) is 0 Å². The van der Waals surface area contributed by atoms with Crippen LogP contribution in [0, 0.1) is 0 Å². The standard InChI is InChI=1S/C8H17N5O2S/c1-16(14,15)4-2-3-7(12-10)6-5-11-13-8(6)9/h5,7,12H,2-4,10H2,1H3,(H3,9,11,13). The van der Waals surface area contributed by atoms with Gasteiger partial charge in [0.1, 0.15) is 15.7 Å². The lowest BCUT2D eigenvalue weighted by atomic mass is 10.1. The molecule has 16 heavy (non-hydrogen) atoms. The molecule has 7 nitrogen and oxygen atoms in total. The number of nitrogen functional groups attached to an aromatic ring is 1. The number of rotatable bonds is 6. The van der Waals surface area contributed by atoms with Crippen LogP contribution in [-0.2, 0) is 9.84 Å². The van der Waals surface area contributed by atoms with Crippen LogP contribution in [0.3, 0.4) is 0 Å². The minimum Gasteiger partial charge on any atom is -0.384 e. The Kier molecular flexibility index (Phi) is 4.27. The Balaban J connectivity index is 2.54. The third-order valence-corrected chi connectivity index (χ3v) is 3.31. The summed E-state index contributed by atoms with van der Waals surface area (Å²) in [6.45, 7) is 0. The number of hydrogen-bond acceptors (Lipinski definition) is 6. The fourth-order valence-electron chi connectivity index (χ4n) is 1.46. The predicted molar refractivity (Wildman–Crippen MR) is 62.0 cm³/mol. The summed E-state index contributed by atoms with van der Waals surface area (Å²) in [5.41, 5.74) is 9.00. The number of nitrogens with two attached hydrogens (primary N) is 2. The summed E-state index contributed by atoms with van der Waals surface area (Å²) in [4.78, 5) is 0. The van der Waals surface area contributed by atoms with Gasteiger partial charge in [-0.05, 0) is 12.8 Å². The van der Waals surface area contributed by atoms with Gasteiger partial charge in [-0.2, -0.15) is 5.10 Å². The molecule has 0 saturated heterocycles. The summed E-state index contributed by atoms with van der Waals surface area (Å²) < 4.78 is 21.9. The molecule has 6 N–H and O–H groups in total. The summed E-state index contributed by atoms with van der Waals surface area (Å²) in [6.07, 6.45) is 3.91. The number of aromatic amines is 1. The van der Waals surface area contributed by atoms with Crippen LogP contribution < -0.4 is 17.0 Å². The maximum absolute atomic E-state index is 11.0. The van der Waals surface area contributed by atoms with E-state index < -0.39 is 9.84 Å². The zero-order valence-electron chi connectivity index (χ0n) is 9.10. The first kappa shape index (κ1) is 12.9. The van der Waals surface area contributed by atoms with Gasteiger partial charge in [-0.3, -0.25) is 16.4 Å². The van der Waals surface area contributed by atoms with E-state index in [1.807, 2.05) is 0 Å². The van der Waals surface area contributed by atoms with E-state index in [2.05, 4.69) is 15.6 Å². The molecule has 1 aromatic heterocycles. The minimum atomic E-state index is -2.93. The van der Waals surface area contributed by atoms with Crippen molar-refractivity contribution >= 4 is 15.7 Å². The van der Waals surface area contributed by atoms with E-state index in [9.17, 15) is 8.42 Å². The number of hydrazine groups is 1. The Bertz CT molecular complexity index is 427. The van der Waals surface area contributed by atoms with E-state index in [4.69, 9.17) is 11.6 Å². The number of sulfone groups is 1. The highest BCUT2D eigenvalue weighted by Gasteiger charge is 2.15. The molecule has 0 aliphatic heterocycles. The number of H-pyrrole nitrogens is 1. The molecule has 0 radical (unpaired) electrons. The normalized spacial score (nSPS) is 13.9. The van der Waals surface area contributed by atoms with Crippen molar-refractivity contribution in [3.63, 3.8) is 0 Å². The van der Waals surface area contributed by atoms with Crippen molar-refractivity contribution in [1.82, 2.24) is 15.6 Å². The molecule has 0 bridgehead atoms. The molecule has 0 saturated carbocycles. The number of anilines is 1. The Labute approximate surface area is 94.5 Å². The smallest absolute Gasteiger partial charge is 0.147 e. The van der Waals surface area contributed by atoms with Crippen LogP contribution in [0.1, 0.15) is 24.4 Å². The minimum absolute atomic E-state index is 0.142. The van der Waals surface area contributed by atoms with Crippen molar-refractivity contribution in [2.75, 3.05) is 17.7 Å². The highest BCUT2D eigenvalue weighted by Crippen LogP contribution is 2.21. The monoisotopic (exact) mass is 247 g/mol. The van der Waals surface area contributed by atoms with Crippen molar-refractivity contribution in [2.45, 2.75) is 18.9 Å². The Morgan fingerprint density at radius 3 is 2.75 bits per heavy atom. The average molecular weight is 247 g/mol. The van der Waals surface area contributed by atoms with Gasteiger partial charge in [0.05, 0.1) is 12.2 Å². The van der Waals surface area contributed by atoms with Crippen molar-refractivity contribution in [3.8, 4) is 0 Å². The molecule has 1 heterocycles. The molecule has 92 valence electrons. The van der Waals surface area contributed by atoms with Crippen LogP contribution in [0.4, 0.5) is 5.82 Å². The summed E-state index contributed by atoms with van der Waals surface area (Å²) in [7, 11) is -2.93. The van der Waals surface area contributed by atoms with Crippen molar-refractivity contribution in [3.05, 3.63) is 11.8 Å². The van der Waals surface area contributed by atoms with Crippen molar-refractivity contribution in [2.24, 2.45) is 5.84 Å². The van der Waals surface area contributed by atoms with Crippen LogP contribution in [0.5, 0.6) is 0 Å². The van der Waals surface area contributed by atoms with Crippen LogP contribution in [0.2, 0.25) is 0 Å². The summed E-state index contributed by atoms with van der Waals surface area (Å²) >= 11 is 0. The third-order valence-electron chi connectivity index (χ3n) is 2.28. The first-order valence-corrected chi connectivity index (χ1v) is 6.92. The van der Waals surface area contributed by atoms with Crippen molar-refractivity contribution < 1.29 is 8.42 Å². The lowest BCUT2D eigenvalue weighted by Crippen LogP contribution is -2.28. The van der Waals surface area contributed by atoms with E-state index in [-0.39, 0.29) is 11.8 Å². The predicted octanol–water partition coefficient (Wildman–Crippen LogP) is -0.679. The van der Waals surface area contributed by atoms with Crippen LogP contribution in [0.15, 0.2) is 6.20 Å². The maximum atomic E-state index is 11.0. The van der Waals surface area contributed by atoms with Crippen molar-refractivity contribution in [1.29, 1.82) is 0 Å². The van der Waals surface area contributed by atoms with E-state index in [1.54, 1.807) is 6.20 Å². The van der Waals surface area contributed by atoms with Gasteiger partial charge in [0, 0.05) is 17.6 Å². The first-order chi connectivity index (χ1) is 7.44. The van der Waals surface area contributed by atoms with Gasteiger partial charge in [0.2, 0.25) is 0 Å². The highest BCUT2D eigenvalue weighted by molar-refractivity contribution is 7.90. The fraction of sp³-hybridized carbons (Fsp3) is 0.625. The largest absolute Gasteiger partial charge is 0.384 e. The van der Waals surface area contributed by atoms with E-state index in [0.29, 0.717) is 18.7 Å². The molecule has 0 aliphatic rings. The summed E-state index contributed by atoms with van der Waals surface area (Å²) in [5.74, 6) is 5.97. The van der Waals surface area contributed by atoms with Crippen LogP contribution >= 0.6 is 0 Å². The molecule has 0 amide bonds. The van der Waals surface area contributed by atoms with Gasteiger partial charge in [-0.1, -0.05) is 0 Å². The number of nitrogens with zero attached hydrogens (tertiary/aromatic N) is 1. The molecule has 0 spiro atoms. The van der Waals surface area contributed by atoms with E-state index in [0.717, 1.165) is 5.56 Å². The second-order valence-electron chi connectivity index (χ2n) is 3.73. The average Bonchev–Trinajstić information content (AvgIpc) is 2.58. The lowest BCUT2D eigenvalue weighted by Gasteiger charge is -2.14. The quantitative estimate of drug-likeness (QED) is 0.389. The van der Waals surface area contributed by atoms with Crippen LogP contribution in [-0.4, -0.2) is 30.6 Å². The van der Waals surface area contributed by atoms with Gasteiger partial charge in [0.15, 0.2) is 0 Å². The Hall–Kier alpha value is -1.12. The highest BCUT2D eigenvalue weighted by atomic mass is 32.2. The third kappa shape index (κ3) is 3.80. The molecule has 0 fully saturated rings. The maximum Gasteiger partial charge on any atom is 0.147 e. The number of aromatic nitrogens is 2. The van der Waals surface area contributed by atoms with E-state index in [1.165, 1.54) is 6.26 Å². The topological polar surface area (TPSA) is 127 Å². The zero-order valence-corrected chi connectivity index (χ0v) is 9.92. The van der Waals surface area contributed by atoms with Gasteiger partial charge in [-0.25, -0.2) is 8.42 Å². The van der Waals surface area contributed by atoms with E-state index >= 15 is 0 Å². The molecule has 1 aromatic rings. The van der Waals surface area contributed by atoms with Crippen LogP contribution in [0.25, 0.3) is 0 Å². The second-order valence-corrected chi connectivity index (χ2v) is 5.99. The molecule has 1 atom stereocenters. The second kappa shape index (κ2) is 5.28. The molecule has 1 unspecified atom stereocenters. The molecule has 1 rings (SSSR count). The summed E-state index contributed by atoms with van der Waals surface area (Å²) in [5, 5.41) is 6.39. The molecular weight excluding hydrogens is 230 g/mol. The zero-order chi connectivity index (χ0) is 12.2. The fourth-order valence-corrected chi connectivity index (χ4v) is 2.15. The van der Waals surface area contributed by atoms with Gasteiger partial charge >= 0.3 is 0 Å². The number of hydrogen-bond donors (Lipinski definition) is 4. The Morgan fingerprint density at radius 1 is 1.62 bits per heavy atom.